The average Bonchev–Trinajstić information content (AvgIpc) is 3.03. The number of carbonyl (C=O) groups is 2. The number of ketones is 1. The van der Waals surface area contributed by atoms with Crippen molar-refractivity contribution in [3.8, 4) is 5.69 Å². The highest BCUT2D eigenvalue weighted by Crippen LogP contribution is 2.29. The minimum absolute atomic E-state index is 0.0164. The van der Waals surface area contributed by atoms with Gasteiger partial charge in [-0.3, -0.25) is 14.9 Å². The Labute approximate surface area is 165 Å². The van der Waals surface area contributed by atoms with Crippen LogP contribution in [0.4, 0.5) is 0 Å². The first-order valence-corrected chi connectivity index (χ1v) is 9.59. The summed E-state index contributed by atoms with van der Waals surface area (Å²) < 4.78 is 1.89. The van der Waals surface area contributed by atoms with Gasteiger partial charge in [-0.1, -0.05) is 12.1 Å². The van der Waals surface area contributed by atoms with E-state index >= 15 is 0 Å². The molecule has 7 heteroatoms. The molecule has 0 spiro atoms. The number of nitrogens with two attached hydrogens (primary N) is 1. The number of hydrogen-bond donors (Lipinski definition) is 3. The van der Waals surface area contributed by atoms with Crippen LogP contribution in [0.1, 0.15) is 44.8 Å². The van der Waals surface area contributed by atoms with Gasteiger partial charge in [0.25, 0.3) is 5.91 Å². The van der Waals surface area contributed by atoms with E-state index in [4.69, 9.17) is 5.73 Å². The first-order chi connectivity index (χ1) is 13.4. The lowest BCUT2D eigenvalue weighted by Gasteiger charge is -2.17. The maximum atomic E-state index is 12.3. The van der Waals surface area contributed by atoms with Crippen molar-refractivity contribution in [2.75, 3.05) is 27.2 Å². The lowest BCUT2D eigenvalue weighted by Crippen LogP contribution is -2.35. The third-order valence-corrected chi connectivity index (χ3v) is 5.05. The SMILES string of the molecule is CN(C)CCNC(O)Cc1ccc(-n2cc(C(N)=O)c3c2CCCC3=O)cc1. The third kappa shape index (κ3) is 4.49. The van der Waals surface area contributed by atoms with Crippen LogP contribution < -0.4 is 11.1 Å². The highest BCUT2D eigenvalue weighted by molar-refractivity contribution is 6.09. The molecule has 1 aliphatic carbocycles. The van der Waals surface area contributed by atoms with Crippen molar-refractivity contribution in [2.24, 2.45) is 5.73 Å². The van der Waals surface area contributed by atoms with Crippen LogP contribution in [-0.4, -0.2) is 59.7 Å². The number of hydrogen-bond acceptors (Lipinski definition) is 5. The van der Waals surface area contributed by atoms with Gasteiger partial charge in [-0.05, 0) is 44.6 Å². The van der Waals surface area contributed by atoms with E-state index in [1.807, 2.05) is 42.9 Å². The predicted octanol–water partition coefficient (Wildman–Crippen LogP) is 1.11. The Hall–Kier alpha value is -2.48. The van der Waals surface area contributed by atoms with Crippen molar-refractivity contribution in [2.45, 2.75) is 31.9 Å². The molecule has 1 atom stereocenters. The summed E-state index contributed by atoms with van der Waals surface area (Å²) in [5.74, 6) is -0.592. The smallest absolute Gasteiger partial charge is 0.251 e. The average molecular weight is 384 g/mol. The lowest BCUT2D eigenvalue weighted by atomic mass is 9.93. The fraction of sp³-hybridized carbons (Fsp3) is 0.429. The molecule has 0 bridgehead atoms. The zero-order valence-electron chi connectivity index (χ0n) is 16.4. The second kappa shape index (κ2) is 8.68. The Kier molecular flexibility index (Phi) is 6.28. The van der Waals surface area contributed by atoms with Crippen LogP contribution >= 0.6 is 0 Å². The first kappa shape index (κ1) is 20.3. The van der Waals surface area contributed by atoms with Gasteiger partial charge < -0.3 is 20.3 Å². The molecule has 3 rings (SSSR count). The van der Waals surface area contributed by atoms with Crippen LogP contribution in [0.3, 0.4) is 0 Å². The summed E-state index contributed by atoms with van der Waals surface area (Å²) >= 11 is 0. The maximum Gasteiger partial charge on any atom is 0.251 e. The van der Waals surface area contributed by atoms with Crippen LogP contribution in [0.5, 0.6) is 0 Å². The standard InChI is InChI=1S/C21H28N4O3/c1-24(2)11-10-23-19(27)12-14-6-8-15(9-7-14)25-13-16(21(22)28)20-17(25)4-3-5-18(20)26/h6-9,13,19,23,27H,3-5,10-12H2,1-2H3,(H2,22,28). The van der Waals surface area contributed by atoms with Crippen molar-refractivity contribution in [3.63, 3.8) is 0 Å². The lowest BCUT2D eigenvalue weighted by molar-refractivity contribution is 0.0950. The van der Waals surface area contributed by atoms with Crippen LogP contribution in [0.15, 0.2) is 30.5 Å². The van der Waals surface area contributed by atoms with E-state index in [1.165, 1.54) is 0 Å². The number of benzene rings is 1. The van der Waals surface area contributed by atoms with Crippen molar-refractivity contribution in [1.29, 1.82) is 0 Å². The number of amides is 1. The number of Topliss-reactive ketones (excluding diaryl/α,β-unsaturated/α-hetero) is 1. The van der Waals surface area contributed by atoms with Crippen LogP contribution in [-0.2, 0) is 12.8 Å². The minimum atomic E-state index is -0.607. The van der Waals surface area contributed by atoms with E-state index in [2.05, 4.69) is 10.2 Å². The summed E-state index contributed by atoms with van der Waals surface area (Å²) in [5, 5.41) is 13.2. The maximum absolute atomic E-state index is 12.3. The summed E-state index contributed by atoms with van der Waals surface area (Å²) in [6.07, 6.45) is 3.53. The van der Waals surface area contributed by atoms with Crippen LogP contribution in [0.25, 0.3) is 5.69 Å². The van der Waals surface area contributed by atoms with Gasteiger partial charge in [0.1, 0.15) is 6.23 Å². The molecule has 1 aliphatic rings. The molecule has 28 heavy (non-hydrogen) atoms. The first-order valence-electron chi connectivity index (χ1n) is 9.59. The Balaban J connectivity index is 1.76. The molecule has 150 valence electrons. The second-order valence-corrected chi connectivity index (χ2v) is 7.52. The zero-order chi connectivity index (χ0) is 20.3. The van der Waals surface area contributed by atoms with E-state index in [-0.39, 0.29) is 5.78 Å². The molecule has 0 radical (unpaired) electrons. The number of likely N-dealkylation sites (N-methyl/N-ethyl adjacent to an activating group) is 1. The summed E-state index contributed by atoms with van der Waals surface area (Å²) in [5.41, 5.74) is 8.98. The van der Waals surface area contributed by atoms with Crippen molar-refractivity contribution >= 4 is 11.7 Å². The predicted molar refractivity (Wildman–Crippen MR) is 108 cm³/mol. The monoisotopic (exact) mass is 384 g/mol. The molecule has 0 saturated heterocycles. The van der Waals surface area contributed by atoms with E-state index in [1.54, 1.807) is 6.20 Å². The summed E-state index contributed by atoms with van der Waals surface area (Å²) in [6.45, 7) is 1.57. The number of aromatic nitrogens is 1. The molecule has 4 N–H and O–H groups in total. The van der Waals surface area contributed by atoms with Gasteiger partial charge in [0.15, 0.2) is 5.78 Å². The number of primary amides is 1. The normalized spacial score (nSPS) is 14.9. The highest BCUT2D eigenvalue weighted by atomic mass is 16.3. The quantitative estimate of drug-likeness (QED) is 0.592. The Morgan fingerprint density at radius 2 is 2.00 bits per heavy atom. The van der Waals surface area contributed by atoms with Crippen molar-refractivity contribution < 1.29 is 14.7 Å². The van der Waals surface area contributed by atoms with E-state index in [0.717, 1.165) is 36.3 Å². The van der Waals surface area contributed by atoms with Gasteiger partial charge in [0, 0.05) is 43.5 Å². The van der Waals surface area contributed by atoms with E-state index in [0.29, 0.717) is 30.5 Å². The molecule has 1 aromatic carbocycles. The van der Waals surface area contributed by atoms with Gasteiger partial charge in [-0.25, -0.2) is 0 Å². The van der Waals surface area contributed by atoms with Gasteiger partial charge in [0.05, 0.1) is 11.1 Å². The minimum Gasteiger partial charge on any atom is -0.378 e. The Morgan fingerprint density at radius 3 is 2.64 bits per heavy atom. The van der Waals surface area contributed by atoms with Gasteiger partial charge in [0.2, 0.25) is 0 Å². The molecular formula is C21H28N4O3. The van der Waals surface area contributed by atoms with Gasteiger partial charge >= 0.3 is 0 Å². The molecule has 1 aromatic heterocycles. The number of nitrogens with one attached hydrogen (secondary N) is 1. The molecule has 0 aliphatic heterocycles. The fourth-order valence-corrected chi connectivity index (χ4v) is 3.61. The second-order valence-electron chi connectivity index (χ2n) is 7.52. The molecule has 2 aromatic rings. The van der Waals surface area contributed by atoms with Gasteiger partial charge in [-0.15, -0.1) is 0 Å². The molecule has 0 saturated carbocycles. The number of aliphatic hydroxyl groups excluding tert-OH is 1. The molecule has 1 amide bonds. The fourth-order valence-electron chi connectivity index (χ4n) is 3.61. The molecule has 0 fully saturated rings. The zero-order valence-corrected chi connectivity index (χ0v) is 16.4. The van der Waals surface area contributed by atoms with Crippen LogP contribution in [0.2, 0.25) is 0 Å². The summed E-state index contributed by atoms with van der Waals surface area (Å²) in [6, 6.07) is 7.78. The van der Waals surface area contributed by atoms with E-state index < -0.39 is 12.1 Å². The van der Waals surface area contributed by atoms with E-state index in [9.17, 15) is 14.7 Å². The Morgan fingerprint density at radius 1 is 1.29 bits per heavy atom. The largest absolute Gasteiger partial charge is 0.378 e. The highest BCUT2D eigenvalue weighted by Gasteiger charge is 2.27. The Bertz CT molecular complexity index is 855. The number of aliphatic hydroxyl groups is 1. The number of carbonyl (C=O) groups excluding carboxylic acids is 2. The summed E-state index contributed by atoms with van der Waals surface area (Å²) in [4.78, 5) is 26.1. The van der Waals surface area contributed by atoms with Gasteiger partial charge in [-0.2, -0.15) is 0 Å². The third-order valence-electron chi connectivity index (χ3n) is 5.05. The van der Waals surface area contributed by atoms with Crippen molar-refractivity contribution in [3.05, 3.63) is 52.8 Å². The molecule has 1 unspecified atom stereocenters. The molecule has 7 nitrogen and oxygen atoms in total. The topological polar surface area (TPSA) is 101 Å². The number of nitrogens with zero attached hydrogens (tertiary/aromatic N) is 2. The summed E-state index contributed by atoms with van der Waals surface area (Å²) in [7, 11) is 3.98. The number of rotatable bonds is 8. The molecular weight excluding hydrogens is 356 g/mol. The van der Waals surface area contributed by atoms with Crippen molar-refractivity contribution in [1.82, 2.24) is 14.8 Å². The van der Waals surface area contributed by atoms with Crippen LogP contribution in [0, 0.1) is 0 Å². The molecule has 1 heterocycles. The number of fused-ring (bicyclic) bond motifs is 1.